The molecule has 2 heterocycles. The summed E-state index contributed by atoms with van der Waals surface area (Å²) in [7, 11) is 1.95. The first kappa shape index (κ1) is 11.2. The van der Waals surface area contributed by atoms with Crippen LogP contribution in [0.3, 0.4) is 0 Å². The van der Waals surface area contributed by atoms with E-state index in [0.29, 0.717) is 11.9 Å². The van der Waals surface area contributed by atoms with Crippen LogP contribution in [-0.4, -0.2) is 37.0 Å². The molecular formula is C13H18N2OS. The smallest absolute Gasteiger partial charge is 0.230 e. The summed E-state index contributed by atoms with van der Waals surface area (Å²) < 4.78 is 0. The number of likely N-dealkylation sites (N-methyl/N-ethyl adjacent to an activating group) is 1. The van der Waals surface area contributed by atoms with Crippen molar-refractivity contribution in [3.05, 3.63) is 21.9 Å². The molecule has 4 heteroatoms. The van der Waals surface area contributed by atoms with Crippen molar-refractivity contribution in [1.82, 2.24) is 10.2 Å². The number of hydrogen-bond donors (Lipinski definition) is 1. The number of nitrogens with zero attached hydrogens (tertiary/aromatic N) is 1. The molecule has 1 atom stereocenters. The van der Waals surface area contributed by atoms with Crippen molar-refractivity contribution >= 4 is 17.2 Å². The van der Waals surface area contributed by atoms with E-state index in [4.69, 9.17) is 0 Å². The third-order valence-corrected chi connectivity index (χ3v) is 5.00. The zero-order valence-corrected chi connectivity index (χ0v) is 10.9. The van der Waals surface area contributed by atoms with Gasteiger partial charge in [-0.05, 0) is 36.3 Å². The molecular weight excluding hydrogens is 232 g/mol. The standard InChI is InChI=1S/C13H18N2OS/c1-15(9-7-14-8-9)13(16)11-3-2-4-12-10(11)5-6-17-12/h5-6,9,11,14H,2-4,7-8H2,1H3. The Morgan fingerprint density at radius 3 is 3.06 bits per heavy atom. The SMILES string of the molecule is CN(C(=O)C1CCCc2sccc21)C1CNC1. The number of carbonyl (C=O) groups excluding carboxylic acids is 1. The first-order valence-corrected chi connectivity index (χ1v) is 7.19. The lowest BCUT2D eigenvalue weighted by Crippen LogP contribution is -2.58. The van der Waals surface area contributed by atoms with Gasteiger partial charge in [-0.1, -0.05) is 0 Å². The molecule has 0 radical (unpaired) electrons. The van der Waals surface area contributed by atoms with Crippen LogP contribution in [0.1, 0.15) is 29.2 Å². The van der Waals surface area contributed by atoms with E-state index < -0.39 is 0 Å². The number of amides is 1. The van der Waals surface area contributed by atoms with Crippen LogP contribution in [0.15, 0.2) is 11.4 Å². The molecule has 2 aliphatic rings. The van der Waals surface area contributed by atoms with Crippen molar-refractivity contribution in [2.45, 2.75) is 31.2 Å². The highest BCUT2D eigenvalue weighted by atomic mass is 32.1. The van der Waals surface area contributed by atoms with Crippen molar-refractivity contribution in [3.8, 4) is 0 Å². The molecule has 3 rings (SSSR count). The summed E-state index contributed by atoms with van der Waals surface area (Å²) in [5, 5.41) is 5.35. The van der Waals surface area contributed by atoms with Gasteiger partial charge in [-0.2, -0.15) is 0 Å². The van der Waals surface area contributed by atoms with Crippen LogP contribution in [0, 0.1) is 0 Å². The number of carbonyl (C=O) groups is 1. The van der Waals surface area contributed by atoms with Gasteiger partial charge in [-0.15, -0.1) is 11.3 Å². The van der Waals surface area contributed by atoms with E-state index in [9.17, 15) is 4.79 Å². The van der Waals surface area contributed by atoms with E-state index in [1.54, 1.807) is 11.3 Å². The maximum Gasteiger partial charge on any atom is 0.230 e. The van der Waals surface area contributed by atoms with E-state index in [1.165, 1.54) is 10.4 Å². The number of hydrogen-bond acceptors (Lipinski definition) is 3. The van der Waals surface area contributed by atoms with Gasteiger partial charge in [0.05, 0.1) is 12.0 Å². The summed E-state index contributed by atoms with van der Waals surface area (Å²) in [5.41, 5.74) is 1.30. The Balaban J connectivity index is 1.79. The molecule has 1 N–H and O–H groups in total. The van der Waals surface area contributed by atoms with Gasteiger partial charge in [0.2, 0.25) is 5.91 Å². The number of thiophene rings is 1. The zero-order chi connectivity index (χ0) is 11.8. The molecule has 1 amide bonds. The first-order chi connectivity index (χ1) is 8.27. The van der Waals surface area contributed by atoms with Gasteiger partial charge in [0.25, 0.3) is 0 Å². The Morgan fingerprint density at radius 1 is 1.53 bits per heavy atom. The third-order valence-electron chi connectivity index (χ3n) is 4.01. The average Bonchev–Trinajstić information content (AvgIpc) is 2.73. The summed E-state index contributed by atoms with van der Waals surface area (Å²) in [6.45, 7) is 1.90. The molecule has 3 nitrogen and oxygen atoms in total. The van der Waals surface area contributed by atoms with E-state index in [0.717, 1.165) is 32.4 Å². The van der Waals surface area contributed by atoms with E-state index >= 15 is 0 Å². The van der Waals surface area contributed by atoms with Gasteiger partial charge in [-0.3, -0.25) is 4.79 Å². The third kappa shape index (κ3) is 1.89. The molecule has 1 aliphatic carbocycles. The summed E-state index contributed by atoms with van der Waals surface area (Å²) in [6, 6.07) is 2.56. The van der Waals surface area contributed by atoms with Crippen molar-refractivity contribution < 1.29 is 4.79 Å². The minimum atomic E-state index is 0.121. The van der Waals surface area contributed by atoms with Gasteiger partial charge in [0, 0.05) is 25.0 Å². The van der Waals surface area contributed by atoms with Crippen molar-refractivity contribution in [1.29, 1.82) is 0 Å². The molecule has 0 bridgehead atoms. The minimum absolute atomic E-state index is 0.121. The van der Waals surface area contributed by atoms with Gasteiger partial charge in [0.1, 0.15) is 0 Å². The second-order valence-electron chi connectivity index (χ2n) is 5.01. The first-order valence-electron chi connectivity index (χ1n) is 6.31. The molecule has 1 saturated heterocycles. The predicted octanol–water partition coefficient (Wildman–Crippen LogP) is 1.60. The van der Waals surface area contributed by atoms with Crippen molar-refractivity contribution in [2.75, 3.05) is 20.1 Å². The Labute approximate surface area is 106 Å². The molecule has 1 unspecified atom stereocenters. The van der Waals surface area contributed by atoms with E-state index in [1.807, 2.05) is 11.9 Å². The quantitative estimate of drug-likeness (QED) is 0.864. The fourth-order valence-corrected chi connectivity index (χ4v) is 3.70. The van der Waals surface area contributed by atoms with Crippen molar-refractivity contribution in [3.63, 3.8) is 0 Å². The second kappa shape index (κ2) is 4.42. The maximum atomic E-state index is 12.5. The van der Waals surface area contributed by atoms with Crippen LogP contribution in [0.2, 0.25) is 0 Å². The fraction of sp³-hybridized carbons (Fsp3) is 0.615. The fourth-order valence-electron chi connectivity index (χ4n) is 2.72. The van der Waals surface area contributed by atoms with Gasteiger partial charge < -0.3 is 10.2 Å². The van der Waals surface area contributed by atoms with Crippen LogP contribution < -0.4 is 5.32 Å². The molecule has 0 saturated carbocycles. The summed E-state index contributed by atoms with van der Waals surface area (Å²) in [6.07, 6.45) is 3.33. The lowest BCUT2D eigenvalue weighted by Gasteiger charge is -2.38. The van der Waals surface area contributed by atoms with Gasteiger partial charge in [0.15, 0.2) is 0 Å². The number of rotatable bonds is 2. The van der Waals surface area contributed by atoms with Gasteiger partial charge >= 0.3 is 0 Å². The molecule has 1 aliphatic heterocycles. The Hall–Kier alpha value is -0.870. The summed E-state index contributed by atoms with van der Waals surface area (Å²) in [5.74, 6) is 0.437. The molecule has 1 aromatic rings. The lowest BCUT2D eigenvalue weighted by molar-refractivity contribution is -0.134. The van der Waals surface area contributed by atoms with Crippen LogP contribution in [0.5, 0.6) is 0 Å². The zero-order valence-electron chi connectivity index (χ0n) is 10.1. The predicted molar refractivity (Wildman–Crippen MR) is 69.4 cm³/mol. The second-order valence-corrected chi connectivity index (χ2v) is 6.01. The molecule has 0 spiro atoms. The number of fused-ring (bicyclic) bond motifs is 1. The number of aryl methyl sites for hydroxylation is 1. The van der Waals surface area contributed by atoms with Crippen LogP contribution in [0.4, 0.5) is 0 Å². The molecule has 0 aromatic carbocycles. The van der Waals surface area contributed by atoms with E-state index in [2.05, 4.69) is 16.8 Å². The molecule has 17 heavy (non-hydrogen) atoms. The molecule has 1 fully saturated rings. The van der Waals surface area contributed by atoms with Crippen molar-refractivity contribution in [2.24, 2.45) is 0 Å². The highest BCUT2D eigenvalue weighted by molar-refractivity contribution is 7.10. The normalized spacial score (nSPS) is 23.9. The van der Waals surface area contributed by atoms with Gasteiger partial charge in [-0.25, -0.2) is 0 Å². The Morgan fingerprint density at radius 2 is 2.35 bits per heavy atom. The van der Waals surface area contributed by atoms with E-state index in [-0.39, 0.29) is 5.92 Å². The minimum Gasteiger partial charge on any atom is -0.340 e. The number of nitrogens with one attached hydrogen (secondary N) is 1. The summed E-state index contributed by atoms with van der Waals surface area (Å²) >= 11 is 1.80. The topological polar surface area (TPSA) is 32.3 Å². The van der Waals surface area contributed by atoms with Crippen LogP contribution in [0.25, 0.3) is 0 Å². The Bertz CT molecular complexity index is 425. The average molecular weight is 250 g/mol. The highest BCUT2D eigenvalue weighted by Crippen LogP contribution is 2.36. The maximum absolute atomic E-state index is 12.5. The van der Waals surface area contributed by atoms with Crippen LogP contribution >= 0.6 is 11.3 Å². The monoisotopic (exact) mass is 250 g/mol. The largest absolute Gasteiger partial charge is 0.340 e. The molecule has 92 valence electrons. The lowest BCUT2D eigenvalue weighted by atomic mass is 9.86. The molecule has 1 aromatic heterocycles. The van der Waals surface area contributed by atoms with Crippen LogP contribution in [-0.2, 0) is 11.2 Å². The summed E-state index contributed by atoms with van der Waals surface area (Å²) in [4.78, 5) is 15.9. The Kier molecular flexibility index (Phi) is 2.92. The highest BCUT2D eigenvalue weighted by Gasteiger charge is 2.33.